The van der Waals surface area contributed by atoms with Gasteiger partial charge in [0.2, 0.25) is 0 Å². The number of carbonyl (C=O) groups is 1. The lowest BCUT2D eigenvalue weighted by molar-refractivity contribution is -0.137. The first-order chi connectivity index (χ1) is 9.79. The molecule has 0 heterocycles. The number of alkyl halides is 3. The van der Waals surface area contributed by atoms with Gasteiger partial charge in [-0.2, -0.15) is 13.2 Å². The van der Waals surface area contributed by atoms with Gasteiger partial charge in [-0.1, -0.05) is 13.3 Å². The summed E-state index contributed by atoms with van der Waals surface area (Å²) in [5.74, 6) is -1.90. The van der Waals surface area contributed by atoms with Gasteiger partial charge in [-0.15, -0.1) is 0 Å². The zero-order valence-electron chi connectivity index (χ0n) is 11.5. The minimum absolute atomic E-state index is 0.136. The van der Waals surface area contributed by atoms with Gasteiger partial charge in [0.15, 0.2) is 0 Å². The topological polar surface area (TPSA) is 26.3 Å². The molecule has 1 aliphatic rings. The molecular weight excluding hydrogens is 288 g/mol. The first-order valence-electron chi connectivity index (χ1n) is 6.87. The molecule has 2 atom stereocenters. The monoisotopic (exact) mass is 304 g/mol. The van der Waals surface area contributed by atoms with Crippen LogP contribution in [0.2, 0.25) is 0 Å². The molecule has 0 spiro atoms. The predicted molar refractivity (Wildman–Crippen MR) is 68.2 cm³/mol. The second kappa shape index (κ2) is 6.03. The fourth-order valence-corrected chi connectivity index (χ4v) is 2.52. The first kappa shape index (κ1) is 15.8. The molecule has 0 saturated heterocycles. The number of carbonyl (C=O) groups excluding carboxylic acids is 1. The van der Waals surface area contributed by atoms with E-state index in [1.54, 1.807) is 0 Å². The third-order valence-electron chi connectivity index (χ3n) is 3.80. The normalized spacial score (nSPS) is 22.9. The lowest BCUT2D eigenvalue weighted by atomic mass is 9.88. The Bertz CT molecular complexity index is 525. The van der Waals surface area contributed by atoms with Crippen LogP contribution in [-0.2, 0) is 10.9 Å². The molecule has 0 N–H and O–H groups in total. The second-order valence-corrected chi connectivity index (χ2v) is 5.40. The maximum atomic E-state index is 13.6. The molecule has 1 aromatic carbocycles. The molecule has 0 amide bonds. The molecule has 1 aromatic rings. The number of hydrogen-bond donors (Lipinski definition) is 0. The average molecular weight is 304 g/mol. The predicted octanol–water partition coefficient (Wildman–Crippen LogP) is 4.58. The van der Waals surface area contributed by atoms with Crippen molar-refractivity contribution in [2.45, 2.75) is 44.9 Å². The van der Waals surface area contributed by atoms with Crippen molar-refractivity contribution in [3.05, 3.63) is 35.1 Å². The van der Waals surface area contributed by atoms with Gasteiger partial charge >= 0.3 is 12.1 Å². The van der Waals surface area contributed by atoms with Crippen LogP contribution in [0, 0.1) is 11.7 Å². The summed E-state index contributed by atoms with van der Waals surface area (Å²) in [5.41, 5.74) is -1.73. The van der Waals surface area contributed by atoms with Crippen LogP contribution in [0.5, 0.6) is 0 Å². The number of rotatable bonds is 2. The fraction of sp³-hybridized carbons (Fsp3) is 0.533. The average Bonchev–Trinajstić information content (AvgIpc) is 2.40. The smallest absolute Gasteiger partial charge is 0.416 e. The molecule has 6 heteroatoms. The van der Waals surface area contributed by atoms with E-state index in [1.807, 2.05) is 6.92 Å². The molecule has 0 aromatic heterocycles. The van der Waals surface area contributed by atoms with Gasteiger partial charge in [0.1, 0.15) is 11.9 Å². The minimum atomic E-state index is -4.62. The van der Waals surface area contributed by atoms with Crippen molar-refractivity contribution in [1.82, 2.24) is 0 Å². The summed E-state index contributed by atoms with van der Waals surface area (Å²) < 4.78 is 56.6. The first-order valence-corrected chi connectivity index (χ1v) is 6.87. The summed E-state index contributed by atoms with van der Waals surface area (Å²) in [5, 5.41) is 0. The highest BCUT2D eigenvalue weighted by molar-refractivity contribution is 5.90. The Morgan fingerprint density at radius 2 is 1.90 bits per heavy atom. The van der Waals surface area contributed by atoms with Crippen molar-refractivity contribution >= 4 is 5.97 Å². The Hall–Kier alpha value is -1.59. The van der Waals surface area contributed by atoms with Crippen molar-refractivity contribution < 1.29 is 27.1 Å². The van der Waals surface area contributed by atoms with Crippen LogP contribution >= 0.6 is 0 Å². The lowest BCUT2D eigenvalue weighted by Gasteiger charge is -2.28. The molecule has 0 aliphatic heterocycles. The Morgan fingerprint density at radius 3 is 2.52 bits per heavy atom. The van der Waals surface area contributed by atoms with E-state index in [4.69, 9.17) is 4.74 Å². The van der Waals surface area contributed by atoms with Gasteiger partial charge in [-0.3, -0.25) is 0 Å². The van der Waals surface area contributed by atoms with Crippen LogP contribution in [0.1, 0.15) is 48.5 Å². The Labute approximate surface area is 120 Å². The molecule has 0 bridgehead atoms. The molecular formula is C15H16F4O2. The van der Waals surface area contributed by atoms with Crippen LogP contribution < -0.4 is 0 Å². The summed E-state index contributed by atoms with van der Waals surface area (Å²) in [6.07, 6.45) is -1.50. The van der Waals surface area contributed by atoms with E-state index < -0.39 is 29.1 Å². The quantitative estimate of drug-likeness (QED) is 0.590. The van der Waals surface area contributed by atoms with E-state index in [2.05, 4.69) is 0 Å². The largest absolute Gasteiger partial charge is 0.458 e. The zero-order valence-corrected chi connectivity index (χ0v) is 11.5. The minimum Gasteiger partial charge on any atom is -0.458 e. The molecule has 2 unspecified atom stereocenters. The summed E-state index contributed by atoms with van der Waals surface area (Å²) in [6.45, 7) is 1.92. The fourth-order valence-electron chi connectivity index (χ4n) is 2.52. The Kier molecular flexibility index (Phi) is 4.54. The SMILES string of the molecule is CC1CCCCC1OC(=O)c1cc(C(F)(F)F)ccc1F. The second-order valence-electron chi connectivity index (χ2n) is 5.40. The van der Waals surface area contributed by atoms with E-state index in [0.717, 1.165) is 19.3 Å². The number of hydrogen-bond acceptors (Lipinski definition) is 2. The van der Waals surface area contributed by atoms with E-state index in [0.29, 0.717) is 24.6 Å². The van der Waals surface area contributed by atoms with Crippen LogP contribution in [0.3, 0.4) is 0 Å². The maximum Gasteiger partial charge on any atom is 0.416 e. The summed E-state index contributed by atoms with van der Waals surface area (Å²) in [4.78, 5) is 11.9. The van der Waals surface area contributed by atoms with E-state index >= 15 is 0 Å². The van der Waals surface area contributed by atoms with Crippen molar-refractivity contribution in [2.24, 2.45) is 5.92 Å². The van der Waals surface area contributed by atoms with Crippen LogP contribution in [0.4, 0.5) is 17.6 Å². The highest BCUT2D eigenvalue weighted by Crippen LogP contribution is 2.31. The van der Waals surface area contributed by atoms with Gasteiger partial charge in [-0.25, -0.2) is 9.18 Å². The van der Waals surface area contributed by atoms with Gasteiger partial charge in [0, 0.05) is 0 Å². The van der Waals surface area contributed by atoms with Crippen molar-refractivity contribution in [3.8, 4) is 0 Å². The molecule has 116 valence electrons. The van der Waals surface area contributed by atoms with Gasteiger partial charge in [-0.05, 0) is 43.4 Å². The van der Waals surface area contributed by atoms with E-state index in [9.17, 15) is 22.4 Å². The van der Waals surface area contributed by atoms with Crippen LogP contribution in [0.25, 0.3) is 0 Å². The molecule has 1 saturated carbocycles. The number of ether oxygens (including phenoxy) is 1. The third kappa shape index (κ3) is 3.74. The Morgan fingerprint density at radius 1 is 1.24 bits per heavy atom. The standard InChI is InChI=1S/C15H16F4O2/c1-9-4-2-3-5-13(9)21-14(20)11-8-10(15(17,18)19)6-7-12(11)16/h6-9,13H,2-5H2,1H3. The highest BCUT2D eigenvalue weighted by atomic mass is 19.4. The van der Waals surface area contributed by atoms with Crippen LogP contribution in [0.15, 0.2) is 18.2 Å². The number of esters is 1. The molecule has 2 rings (SSSR count). The summed E-state index contributed by atoms with van der Waals surface area (Å²) in [7, 11) is 0. The number of halogens is 4. The van der Waals surface area contributed by atoms with E-state index in [-0.39, 0.29) is 12.0 Å². The lowest BCUT2D eigenvalue weighted by Crippen LogP contribution is -2.28. The van der Waals surface area contributed by atoms with E-state index in [1.165, 1.54) is 0 Å². The van der Waals surface area contributed by atoms with Crippen molar-refractivity contribution in [1.29, 1.82) is 0 Å². The molecule has 2 nitrogen and oxygen atoms in total. The molecule has 1 aliphatic carbocycles. The molecule has 1 fully saturated rings. The zero-order chi connectivity index (χ0) is 15.6. The molecule has 0 radical (unpaired) electrons. The Balaban J connectivity index is 2.18. The van der Waals surface area contributed by atoms with Gasteiger partial charge in [0.05, 0.1) is 11.1 Å². The highest BCUT2D eigenvalue weighted by Gasteiger charge is 2.33. The van der Waals surface area contributed by atoms with Crippen LogP contribution in [-0.4, -0.2) is 12.1 Å². The van der Waals surface area contributed by atoms with Gasteiger partial charge < -0.3 is 4.74 Å². The summed E-state index contributed by atoms with van der Waals surface area (Å²) in [6, 6.07) is 1.75. The molecule has 21 heavy (non-hydrogen) atoms. The van der Waals surface area contributed by atoms with Crippen molar-refractivity contribution in [2.75, 3.05) is 0 Å². The maximum absolute atomic E-state index is 13.6. The number of benzene rings is 1. The third-order valence-corrected chi connectivity index (χ3v) is 3.80. The summed E-state index contributed by atoms with van der Waals surface area (Å²) >= 11 is 0. The van der Waals surface area contributed by atoms with Gasteiger partial charge in [0.25, 0.3) is 0 Å². The van der Waals surface area contributed by atoms with Crippen molar-refractivity contribution in [3.63, 3.8) is 0 Å².